The van der Waals surface area contributed by atoms with Crippen LogP contribution in [0.5, 0.6) is 0 Å². The predicted octanol–water partition coefficient (Wildman–Crippen LogP) is 1.86. The SMILES string of the molecule is CC(C)NC(=O)c1ccc(C(=O)NC2CCC(O)CC2)cc1. The number of hydrogen-bond donors (Lipinski definition) is 3. The fraction of sp³-hybridized carbons (Fsp3) is 0.529. The van der Waals surface area contributed by atoms with Crippen molar-refractivity contribution in [3.8, 4) is 0 Å². The van der Waals surface area contributed by atoms with Crippen LogP contribution >= 0.6 is 0 Å². The van der Waals surface area contributed by atoms with Crippen LogP contribution in [0.15, 0.2) is 24.3 Å². The third-order valence-corrected chi connectivity index (χ3v) is 3.86. The minimum atomic E-state index is -0.230. The highest BCUT2D eigenvalue weighted by Gasteiger charge is 2.21. The summed E-state index contributed by atoms with van der Waals surface area (Å²) in [6.07, 6.45) is 2.86. The third-order valence-electron chi connectivity index (χ3n) is 3.86. The van der Waals surface area contributed by atoms with Crippen molar-refractivity contribution >= 4 is 11.8 Å². The molecule has 22 heavy (non-hydrogen) atoms. The predicted molar refractivity (Wildman–Crippen MR) is 84.8 cm³/mol. The largest absolute Gasteiger partial charge is 0.393 e. The molecule has 5 heteroatoms. The van der Waals surface area contributed by atoms with Crippen LogP contribution in [0, 0.1) is 0 Å². The zero-order valence-corrected chi connectivity index (χ0v) is 13.1. The van der Waals surface area contributed by atoms with Crippen LogP contribution < -0.4 is 10.6 Å². The van der Waals surface area contributed by atoms with Crippen LogP contribution in [0.2, 0.25) is 0 Å². The quantitative estimate of drug-likeness (QED) is 0.794. The average molecular weight is 304 g/mol. The summed E-state index contributed by atoms with van der Waals surface area (Å²) in [7, 11) is 0. The summed E-state index contributed by atoms with van der Waals surface area (Å²) in [5.41, 5.74) is 1.10. The lowest BCUT2D eigenvalue weighted by molar-refractivity contribution is 0.0866. The van der Waals surface area contributed by atoms with E-state index in [1.54, 1.807) is 24.3 Å². The Hall–Kier alpha value is -1.88. The number of benzene rings is 1. The van der Waals surface area contributed by atoms with E-state index in [2.05, 4.69) is 10.6 Å². The lowest BCUT2D eigenvalue weighted by atomic mass is 9.93. The topological polar surface area (TPSA) is 78.4 Å². The summed E-state index contributed by atoms with van der Waals surface area (Å²) in [6, 6.07) is 6.87. The van der Waals surface area contributed by atoms with Gasteiger partial charge in [0.2, 0.25) is 0 Å². The van der Waals surface area contributed by atoms with E-state index >= 15 is 0 Å². The number of carbonyl (C=O) groups is 2. The molecule has 0 aliphatic heterocycles. The summed E-state index contributed by atoms with van der Waals surface area (Å²) in [5.74, 6) is -0.263. The number of rotatable bonds is 4. The second kappa shape index (κ2) is 7.40. The summed E-state index contributed by atoms with van der Waals surface area (Å²) >= 11 is 0. The molecule has 0 heterocycles. The molecule has 2 rings (SSSR count). The molecule has 0 atom stereocenters. The van der Waals surface area contributed by atoms with Gasteiger partial charge in [0.15, 0.2) is 0 Å². The summed E-state index contributed by atoms with van der Waals surface area (Å²) in [4.78, 5) is 24.0. The van der Waals surface area contributed by atoms with Crippen molar-refractivity contribution in [3.05, 3.63) is 35.4 Å². The molecule has 1 aromatic rings. The van der Waals surface area contributed by atoms with Gasteiger partial charge < -0.3 is 15.7 Å². The summed E-state index contributed by atoms with van der Waals surface area (Å²) < 4.78 is 0. The van der Waals surface area contributed by atoms with Crippen molar-refractivity contribution < 1.29 is 14.7 Å². The van der Waals surface area contributed by atoms with Crippen LogP contribution in [-0.2, 0) is 0 Å². The van der Waals surface area contributed by atoms with E-state index in [0.29, 0.717) is 11.1 Å². The van der Waals surface area contributed by atoms with Gasteiger partial charge in [-0.15, -0.1) is 0 Å². The van der Waals surface area contributed by atoms with Gasteiger partial charge in [-0.3, -0.25) is 9.59 Å². The highest BCUT2D eigenvalue weighted by Crippen LogP contribution is 2.18. The second-order valence-corrected chi connectivity index (χ2v) is 6.18. The van der Waals surface area contributed by atoms with Crippen LogP contribution in [0.1, 0.15) is 60.2 Å². The number of hydrogen-bond acceptors (Lipinski definition) is 3. The molecule has 1 aliphatic carbocycles. The van der Waals surface area contributed by atoms with E-state index < -0.39 is 0 Å². The molecule has 0 bridgehead atoms. The molecule has 1 aliphatic rings. The van der Waals surface area contributed by atoms with Crippen molar-refractivity contribution in [1.82, 2.24) is 10.6 Å². The van der Waals surface area contributed by atoms with Crippen LogP contribution in [0.4, 0.5) is 0 Å². The number of carbonyl (C=O) groups excluding carboxylic acids is 2. The molecule has 1 fully saturated rings. The van der Waals surface area contributed by atoms with E-state index in [9.17, 15) is 14.7 Å². The molecule has 3 N–H and O–H groups in total. The second-order valence-electron chi connectivity index (χ2n) is 6.18. The molecule has 0 radical (unpaired) electrons. The van der Waals surface area contributed by atoms with Crippen molar-refractivity contribution in [2.75, 3.05) is 0 Å². The van der Waals surface area contributed by atoms with E-state index in [1.807, 2.05) is 13.8 Å². The Morgan fingerprint density at radius 1 is 1.00 bits per heavy atom. The summed E-state index contributed by atoms with van der Waals surface area (Å²) in [6.45, 7) is 3.81. The van der Waals surface area contributed by atoms with Crippen LogP contribution in [-0.4, -0.2) is 35.1 Å². The Kier molecular flexibility index (Phi) is 5.55. The minimum absolute atomic E-state index is 0.0807. The van der Waals surface area contributed by atoms with Crippen molar-refractivity contribution in [2.45, 2.75) is 57.7 Å². The van der Waals surface area contributed by atoms with Crippen molar-refractivity contribution in [3.63, 3.8) is 0 Å². The zero-order valence-electron chi connectivity index (χ0n) is 13.1. The van der Waals surface area contributed by atoms with E-state index in [-0.39, 0.29) is 30.0 Å². The molecule has 1 aromatic carbocycles. The van der Waals surface area contributed by atoms with E-state index in [1.165, 1.54) is 0 Å². The lowest BCUT2D eigenvalue weighted by Gasteiger charge is -2.26. The van der Waals surface area contributed by atoms with Gasteiger partial charge in [-0.2, -0.15) is 0 Å². The first kappa shape index (κ1) is 16.5. The Morgan fingerprint density at radius 3 is 2.00 bits per heavy atom. The molecular formula is C17H24N2O3. The zero-order chi connectivity index (χ0) is 16.1. The van der Waals surface area contributed by atoms with Gasteiger partial charge in [-0.25, -0.2) is 0 Å². The van der Waals surface area contributed by atoms with Gasteiger partial charge in [0.25, 0.3) is 11.8 Å². The monoisotopic (exact) mass is 304 g/mol. The lowest BCUT2D eigenvalue weighted by Crippen LogP contribution is -2.38. The molecule has 1 saturated carbocycles. The molecule has 0 spiro atoms. The molecule has 0 saturated heterocycles. The number of amides is 2. The standard InChI is InChI=1S/C17H24N2O3/c1-11(2)18-16(21)12-3-5-13(6-4-12)17(22)19-14-7-9-15(20)10-8-14/h3-6,11,14-15,20H,7-10H2,1-2H3,(H,18,21)(H,19,22). The maximum Gasteiger partial charge on any atom is 0.251 e. The number of aliphatic hydroxyl groups excluding tert-OH is 1. The minimum Gasteiger partial charge on any atom is -0.393 e. The first-order chi connectivity index (χ1) is 10.5. The number of nitrogens with one attached hydrogen (secondary N) is 2. The highest BCUT2D eigenvalue weighted by molar-refractivity contribution is 5.98. The van der Waals surface area contributed by atoms with Crippen LogP contribution in [0.25, 0.3) is 0 Å². The van der Waals surface area contributed by atoms with Gasteiger partial charge >= 0.3 is 0 Å². The Balaban J connectivity index is 1.92. The van der Waals surface area contributed by atoms with Crippen molar-refractivity contribution in [1.29, 1.82) is 0 Å². The normalized spacial score (nSPS) is 21.5. The Labute approximate surface area is 131 Å². The van der Waals surface area contributed by atoms with Gasteiger partial charge in [0.1, 0.15) is 0 Å². The molecule has 0 aromatic heterocycles. The van der Waals surface area contributed by atoms with E-state index in [4.69, 9.17) is 0 Å². The smallest absolute Gasteiger partial charge is 0.251 e. The third kappa shape index (κ3) is 4.56. The first-order valence-corrected chi connectivity index (χ1v) is 7.85. The maximum absolute atomic E-state index is 12.2. The molecular weight excluding hydrogens is 280 g/mol. The Morgan fingerprint density at radius 2 is 1.50 bits per heavy atom. The van der Waals surface area contributed by atoms with Gasteiger partial charge in [-0.1, -0.05) is 0 Å². The van der Waals surface area contributed by atoms with Gasteiger partial charge in [0.05, 0.1) is 6.10 Å². The first-order valence-electron chi connectivity index (χ1n) is 7.85. The Bertz CT molecular complexity index is 517. The average Bonchev–Trinajstić information content (AvgIpc) is 2.49. The molecule has 0 unspecified atom stereocenters. The molecule has 5 nitrogen and oxygen atoms in total. The van der Waals surface area contributed by atoms with Crippen molar-refractivity contribution in [2.24, 2.45) is 0 Å². The van der Waals surface area contributed by atoms with Gasteiger partial charge in [-0.05, 0) is 63.8 Å². The number of aliphatic hydroxyl groups is 1. The molecule has 2 amide bonds. The van der Waals surface area contributed by atoms with E-state index in [0.717, 1.165) is 25.7 Å². The maximum atomic E-state index is 12.2. The fourth-order valence-corrected chi connectivity index (χ4v) is 2.61. The summed E-state index contributed by atoms with van der Waals surface area (Å²) in [5, 5.41) is 15.3. The highest BCUT2D eigenvalue weighted by atomic mass is 16.3. The van der Waals surface area contributed by atoms with Crippen LogP contribution in [0.3, 0.4) is 0 Å². The fourth-order valence-electron chi connectivity index (χ4n) is 2.61. The van der Waals surface area contributed by atoms with Gasteiger partial charge in [0, 0.05) is 23.2 Å². The molecule has 120 valence electrons.